The summed E-state index contributed by atoms with van der Waals surface area (Å²) in [5, 5.41) is 0.246. The lowest BCUT2D eigenvalue weighted by molar-refractivity contribution is -0.226. The quantitative estimate of drug-likeness (QED) is 0.324. The third kappa shape index (κ3) is 2.56. The number of para-hydroxylation sites is 1. The second-order valence-corrected chi connectivity index (χ2v) is 7.22. The molecular formula is C19H16ClNO7. The van der Waals surface area contributed by atoms with Crippen LogP contribution in [0.3, 0.4) is 0 Å². The Morgan fingerprint density at radius 3 is 2.39 bits per heavy atom. The molecule has 8 nitrogen and oxygen atoms in total. The highest BCUT2D eigenvalue weighted by Gasteiger charge is 2.72. The fraction of sp³-hybridized carbons (Fsp3) is 0.368. The molecule has 0 spiro atoms. The lowest BCUT2D eigenvalue weighted by Crippen LogP contribution is -2.52. The Labute approximate surface area is 165 Å². The number of amides is 2. The minimum Gasteiger partial charge on any atom is -0.422 e. The summed E-state index contributed by atoms with van der Waals surface area (Å²) in [4.78, 5) is 50.5. The number of hydrogen-bond donors (Lipinski definition) is 0. The Morgan fingerprint density at radius 2 is 1.79 bits per heavy atom. The Kier molecular flexibility index (Phi) is 4.28. The number of esters is 2. The SMILES string of the molecule is CC(=O)OC(OC(C)=O)[C@]12C=C[C@@H](O1)[C@@H]1C(=O)N(c3ccccc3Cl)C(=O)[C@@H]12. The second kappa shape index (κ2) is 6.42. The van der Waals surface area contributed by atoms with Crippen LogP contribution in [0.1, 0.15) is 13.8 Å². The highest BCUT2D eigenvalue weighted by Crippen LogP contribution is 2.55. The number of imide groups is 1. The van der Waals surface area contributed by atoms with Crippen LogP contribution >= 0.6 is 11.6 Å². The molecule has 0 unspecified atom stereocenters. The first kappa shape index (κ1) is 18.6. The van der Waals surface area contributed by atoms with Gasteiger partial charge in [-0.15, -0.1) is 0 Å². The van der Waals surface area contributed by atoms with Crippen LogP contribution in [-0.2, 0) is 33.4 Å². The van der Waals surface area contributed by atoms with Gasteiger partial charge in [-0.2, -0.15) is 0 Å². The van der Waals surface area contributed by atoms with E-state index >= 15 is 0 Å². The van der Waals surface area contributed by atoms with Crippen molar-refractivity contribution in [1.82, 2.24) is 0 Å². The molecule has 0 aromatic heterocycles. The number of hydrogen-bond acceptors (Lipinski definition) is 7. The number of rotatable bonds is 4. The van der Waals surface area contributed by atoms with Gasteiger partial charge < -0.3 is 14.2 Å². The molecule has 2 amide bonds. The third-order valence-corrected chi connectivity index (χ3v) is 5.41. The topological polar surface area (TPSA) is 99.2 Å². The lowest BCUT2D eigenvalue weighted by Gasteiger charge is -2.34. The van der Waals surface area contributed by atoms with Gasteiger partial charge in [0.25, 0.3) is 6.29 Å². The summed E-state index contributed by atoms with van der Waals surface area (Å²) >= 11 is 6.18. The molecule has 146 valence electrons. The van der Waals surface area contributed by atoms with Crippen LogP contribution in [0.15, 0.2) is 36.4 Å². The lowest BCUT2D eigenvalue weighted by atomic mass is 9.76. The summed E-state index contributed by atoms with van der Waals surface area (Å²) in [7, 11) is 0. The molecule has 9 heteroatoms. The van der Waals surface area contributed by atoms with Crippen molar-refractivity contribution in [1.29, 1.82) is 0 Å². The highest BCUT2D eigenvalue weighted by atomic mass is 35.5. The normalized spacial score (nSPS) is 30.1. The molecule has 3 heterocycles. The summed E-state index contributed by atoms with van der Waals surface area (Å²) in [5.74, 6) is -4.31. The van der Waals surface area contributed by atoms with E-state index in [4.69, 9.17) is 25.8 Å². The van der Waals surface area contributed by atoms with Gasteiger partial charge in [0, 0.05) is 13.8 Å². The van der Waals surface area contributed by atoms with Crippen molar-refractivity contribution < 1.29 is 33.4 Å². The molecule has 0 N–H and O–H groups in total. The van der Waals surface area contributed by atoms with Gasteiger partial charge in [-0.05, 0) is 18.2 Å². The van der Waals surface area contributed by atoms with E-state index in [1.807, 2.05) is 0 Å². The standard InChI is InChI=1S/C19H16ClNO7/c1-9(22)26-18(27-10(2)23)19-8-7-13(28-19)14-15(19)17(25)21(16(14)24)12-6-4-3-5-11(12)20/h3-8,13-15,18H,1-2H3/t13-,14+,15-,19-/m1/s1. The van der Waals surface area contributed by atoms with Crippen molar-refractivity contribution in [2.75, 3.05) is 4.90 Å². The number of carbonyl (C=O) groups excluding carboxylic acids is 4. The van der Waals surface area contributed by atoms with Crippen LogP contribution in [0.4, 0.5) is 5.69 Å². The van der Waals surface area contributed by atoms with Crippen molar-refractivity contribution in [3.8, 4) is 0 Å². The zero-order chi connectivity index (χ0) is 20.2. The van der Waals surface area contributed by atoms with Crippen molar-refractivity contribution in [2.24, 2.45) is 11.8 Å². The minimum absolute atomic E-state index is 0.246. The molecule has 0 saturated carbocycles. The largest absolute Gasteiger partial charge is 0.422 e. The van der Waals surface area contributed by atoms with E-state index in [2.05, 4.69) is 0 Å². The molecule has 2 bridgehead atoms. The molecule has 28 heavy (non-hydrogen) atoms. The number of benzene rings is 1. The minimum atomic E-state index is -1.57. The molecule has 4 atom stereocenters. The maximum Gasteiger partial charge on any atom is 0.305 e. The number of halogens is 1. The number of fused-ring (bicyclic) bond motifs is 5. The molecule has 2 fully saturated rings. The zero-order valence-electron chi connectivity index (χ0n) is 15.0. The third-order valence-electron chi connectivity index (χ3n) is 5.09. The Morgan fingerprint density at radius 1 is 1.14 bits per heavy atom. The summed E-state index contributed by atoms with van der Waals surface area (Å²) in [5.41, 5.74) is -1.31. The number of carbonyl (C=O) groups is 4. The van der Waals surface area contributed by atoms with Crippen LogP contribution in [-0.4, -0.2) is 41.7 Å². The van der Waals surface area contributed by atoms with Gasteiger partial charge in [-0.1, -0.05) is 29.8 Å². The smallest absolute Gasteiger partial charge is 0.305 e. The van der Waals surface area contributed by atoms with Gasteiger partial charge in [0.15, 0.2) is 5.60 Å². The molecule has 2 saturated heterocycles. The first-order chi connectivity index (χ1) is 13.3. The number of anilines is 1. The van der Waals surface area contributed by atoms with Crippen molar-refractivity contribution in [3.05, 3.63) is 41.4 Å². The van der Waals surface area contributed by atoms with Gasteiger partial charge in [-0.25, -0.2) is 4.90 Å². The molecule has 3 aliphatic rings. The number of nitrogens with zero attached hydrogens (tertiary/aromatic N) is 1. The average Bonchev–Trinajstić information content (AvgIpc) is 3.26. The van der Waals surface area contributed by atoms with Crippen molar-refractivity contribution in [2.45, 2.75) is 31.8 Å². The van der Waals surface area contributed by atoms with E-state index in [-0.39, 0.29) is 10.7 Å². The molecule has 0 radical (unpaired) electrons. The maximum absolute atomic E-state index is 13.3. The van der Waals surface area contributed by atoms with Gasteiger partial charge in [0.05, 0.1) is 28.6 Å². The Balaban J connectivity index is 1.77. The molecule has 0 aliphatic carbocycles. The maximum atomic E-state index is 13.3. The van der Waals surface area contributed by atoms with E-state index in [1.165, 1.54) is 6.08 Å². The molecule has 3 aliphatic heterocycles. The molecular weight excluding hydrogens is 390 g/mol. The summed E-state index contributed by atoms with van der Waals surface area (Å²) < 4.78 is 16.2. The van der Waals surface area contributed by atoms with Gasteiger partial charge in [0.1, 0.15) is 0 Å². The van der Waals surface area contributed by atoms with Gasteiger partial charge >= 0.3 is 11.9 Å². The van der Waals surface area contributed by atoms with Crippen LogP contribution in [0.2, 0.25) is 5.02 Å². The number of ether oxygens (including phenoxy) is 3. The summed E-state index contributed by atoms with van der Waals surface area (Å²) in [6, 6.07) is 6.49. The monoisotopic (exact) mass is 405 g/mol. The fourth-order valence-electron chi connectivity index (χ4n) is 4.09. The van der Waals surface area contributed by atoms with Crippen LogP contribution in [0.5, 0.6) is 0 Å². The van der Waals surface area contributed by atoms with Gasteiger partial charge in [-0.3, -0.25) is 19.2 Å². The predicted molar refractivity (Wildman–Crippen MR) is 95.0 cm³/mol. The first-order valence-electron chi connectivity index (χ1n) is 8.60. The van der Waals surface area contributed by atoms with Crippen molar-refractivity contribution >= 4 is 41.0 Å². The Hall–Kier alpha value is -2.71. The van der Waals surface area contributed by atoms with Crippen LogP contribution < -0.4 is 4.90 Å². The van der Waals surface area contributed by atoms with E-state index in [0.717, 1.165) is 18.7 Å². The molecule has 1 aromatic carbocycles. The van der Waals surface area contributed by atoms with E-state index in [9.17, 15) is 19.2 Å². The summed E-state index contributed by atoms with van der Waals surface area (Å²) in [6.07, 6.45) is 0.934. The highest BCUT2D eigenvalue weighted by molar-refractivity contribution is 6.36. The van der Waals surface area contributed by atoms with Crippen LogP contribution in [0.25, 0.3) is 0 Å². The van der Waals surface area contributed by atoms with Gasteiger partial charge in [0.2, 0.25) is 11.8 Å². The second-order valence-electron chi connectivity index (χ2n) is 6.81. The van der Waals surface area contributed by atoms with E-state index < -0.39 is 53.6 Å². The predicted octanol–water partition coefficient (Wildman–Crippen LogP) is 1.61. The zero-order valence-corrected chi connectivity index (χ0v) is 15.7. The Bertz CT molecular complexity index is 913. The van der Waals surface area contributed by atoms with E-state index in [1.54, 1.807) is 30.3 Å². The summed E-state index contributed by atoms with van der Waals surface area (Å²) in [6.45, 7) is 2.29. The van der Waals surface area contributed by atoms with E-state index in [0.29, 0.717) is 0 Å². The fourth-order valence-corrected chi connectivity index (χ4v) is 4.31. The van der Waals surface area contributed by atoms with Crippen LogP contribution in [0, 0.1) is 11.8 Å². The average molecular weight is 406 g/mol. The van der Waals surface area contributed by atoms with Crippen molar-refractivity contribution in [3.63, 3.8) is 0 Å². The molecule has 1 aromatic rings. The first-order valence-corrected chi connectivity index (χ1v) is 8.98. The molecule has 4 rings (SSSR count).